The molecule has 31 heavy (non-hydrogen) atoms. The lowest BCUT2D eigenvalue weighted by atomic mass is 10.2. The third-order valence-corrected chi connectivity index (χ3v) is 5.17. The van der Waals surface area contributed by atoms with E-state index in [4.69, 9.17) is 14.2 Å². The van der Waals surface area contributed by atoms with Crippen LogP contribution >= 0.6 is 12.6 Å². The SMILES string of the molecule is COC(S)NCC1CN(c2ccc(N3C=NN(CCOC(C)=O)CC3)c(F)c2)C(=O)O1. The van der Waals surface area contributed by atoms with Crippen LogP contribution in [0.5, 0.6) is 0 Å². The highest BCUT2D eigenvalue weighted by Gasteiger charge is 2.33. The van der Waals surface area contributed by atoms with Crippen LogP contribution in [-0.4, -0.2) is 81.5 Å². The first kappa shape index (κ1) is 23.1. The van der Waals surface area contributed by atoms with Gasteiger partial charge in [0.15, 0.2) is 5.56 Å². The van der Waals surface area contributed by atoms with E-state index in [-0.39, 0.29) is 19.1 Å². The number of benzene rings is 1. The van der Waals surface area contributed by atoms with Crippen LogP contribution in [0.2, 0.25) is 0 Å². The maximum absolute atomic E-state index is 14.8. The summed E-state index contributed by atoms with van der Waals surface area (Å²) in [6, 6.07) is 4.59. The van der Waals surface area contributed by atoms with Crippen molar-refractivity contribution in [1.29, 1.82) is 0 Å². The third-order valence-electron chi connectivity index (χ3n) is 4.78. The molecule has 2 aliphatic rings. The fourth-order valence-corrected chi connectivity index (χ4v) is 3.28. The number of methoxy groups -OCH3 is 1. The van der Waals surface area contributed by atoms with Crippen LogP contribution in [-0.2, 0) is 19.0 Å². The number of esters is 1. The molecule has 2 aliphatic heterocycles. The van der Waals surface area contributed by atoms with Crippen molar-refractivity contribution < 1.29 is 28.2 Å². The van der Waals surface area contributed by atoms with Crippen molar-refractivity contribution in [3.63, 3.8) is 0 Å². The van der Waals surface area contributed by atoms with Gasteiger partial charge in [0.05, 0.1) is 31.0 Å². The fourth-order valence-electron chi connectivity index (χ4n) is 3.17. The third kappa shape index (κ3) is 6.21. The molecule has 1 N–H and O–H groups in total. The molecule has 1 fully saturated rings. The second-order valence-corrected chi connectivity index (χ2v) is 7.44. The van der Waals surface area contributed by atoms with Crippen LogP contribution in [0.15, 0.2) is 23.3 Å². The number of nitrogens with one attached hydrogen (secondary N) is 1. The predicted octanol–water partition coefficient (Wildman–Crippen LogP) is 1.23. The largest absolute Gasteiger partial charge is 0.464 e. The molecule has 2 unspecified atom stereocenters. The molecule has 12 heteroatoms. The highest BCUT2D eigenvalue weighted by Crippen LogP contribution is 2.28. The zero-order chi connectivity index (χ0) is 22.4. The molecule has 0 spiro atoms. The summed E-state index contributed by atoms with van der Waals surface area (Å²) >= 11 is 4.15. The quantitative estimate of drug-likeness (QED) is 0.326. The molecule has 3 rings (SSSR count). The van der Waals surface area contributed by atoms with Gasteiger partial charge in [-0.3, -0.25) is 20.0 Å². The highest BCUT2D eigenvalue weighted by atomic mass is 32.1. The van der Waals surface area contributed by atoms with Gasteiger partial charge in [-0.1, -0.05) is 0 Å². The Morgan fingerprint density at radius 2 is 2.26 bits per heavy atom. The van der Waals surface area contributed by atoms with Gasteiger partial charge in [-0.15, -0.1) is 12.6 Å². The summed E-state index contributed by atoms with van der Waals surface area (Å²) in [6.07, 6.45) is 0.604. The number of hydrogen-bond acceptors (Lipinski definition) is 10. The van der Waals surface area contributed by atoms with Gasteiger partial charge in [-0.2, -0.15) is 5.10 Å². The summed E-state index contributed by atoms with van der Waals surface area (Å²) in [5, 5.41) is 8.97. The van der Waals surface area contributed by atoms with E-state index >= 15 is 0 Å². The summed E-state index contributed by atoms with van der Waals surface area (Å²) in [6.45, 7) is 3.80. The standard InChI is InChI=1S/C19H26FN5O5S/c1-13(26)29-8-7-24-6-5-23(12-22-24)17-4-3-14(9-16(17)20)25-11-15(30-19(25)27)10-21-18(31)28-2/h3-4,9,12,15,18,21,31H,5-8,10-11H2,1-2H3. The van der Waals surface area contributed by atoms with Crippen molar-refractivity contribution in [3.05, 3.63) is 24.0 Å². The van der Waals surface area contributed by atoms with Gasteiger partial charge in [0.25, 0.3) is 0 Å². The van der Waals surface area contributed by atoms with Crippen molar-refractivity contribution >= 4 is 42.4 Å². The summed E-state index contributed by atoms with van der Waals surface area (Å²) in [5.41, 5.74) is 0.309. The Morgan fingerprint density at radius 3 is 2.90 bits per heavy atom. The van der Waals surface area contributed by atoms with E-state index in [9.17, 15) is 14.0 Å². The first-order chi connectivity index (χ1) is 14.9. The maximum Gasteiger partial charge on any atom is 0.414 e. The second-order valence-electron chi connectivity index (χ2n) is 6.97. The van der Waals surface area contributed by atoms with Gasteiger partial charge in [0, 0.05) is 27.1 Å². The molecule has 0 aromatic heterocycles. The van der Waals surface area contributed by atoms with Crippen LogP contribution in [0.1, 0.15) is 6.92 Å². The molecule has 2 atom stereocenters. The van der Waals surface area contributed by atoms with Crippen molar-refractivity contribution in [2.45, 2.75) is 18.6 Å². The molecular weight excluding hydrogens is 429 g/mol. The first-order valence-electron chi connectivity index (χ1n) is 9.78. The minimum Gasteiger partial charge on any atom is -0.464 e. The minimum absolute atomic E-state index is 0.248. The van der Waals surface area contributed by atoms with Gasteiger partial charge in [-0.05, 0) is 18.2 Å². The molecular formula is C19H26FN5O5S. The number of amides is 1. The Hall–Kier alpha value is -2.57. The summed E-state index contributed by atoms with van der Waals surface area (Å²) in [5.74, 6) is -0.809. The first-order valence-corrected chi connectivity index (χ1v) is 10.3. The molecule has 1 amide bonds. The average molecular weight is 456 g/mol. The monoisotopic (exact) mass is 455 g/mol. The van der Waals surface area contributed by atoms with Crippen LogP contribution in [0.25, 0.3) is 0 Å². The lowest BCUT2D eigenvalue weighted by Crippen LogP contribution is -2.39. The van der Waals surface area contributed by atoms with Gasteiger partial charge in [-0.25, -0.2) is 9.18 Å². The number of hydrazone groups is 1. The number of hydrogen-bond donors (Lipinski definition) is 2. The van der Waals surface area contributed by atoms with E-state index in [2.05, 4.69) is 23.0 Å². The predicted molar refractivity (Wildman–Crippen MR) is 116 cm³/mol. The van der Waals surface area contributed by atoms with Gasteiger partial charge < -0.3 is 19.1 Å². The Kier molecular flexibility index (Phi) is 7.93. The number of cyclic esters (lactones) is 1. The molecule has 1 saturated heterocycles. The Morgan fingerprint density at radius 1 is 1.45 bits per heavy atom. The number of ether oxygens (including phenoxy) is 3. The van der Waals surface area contributed by atoms with Gasteiger partial charge in [0.1, 0.15) is 24.9 Å². The molecule has 0 saturated carbocycles. The summed E-state index contributed by atoms with van der Waals surface area (Å²) < 4.78 is 30.0. The number of carbonyl (C=O) groups is 2. The van der Waals surface area contributed by atoms with Crippen LogP contribution in [0.3, 0.4) is 0 Å². The summed E-state index contributed by atoms with van der Waals surface area (Å²) in [7, 11) is 1.51. The molecule has 1 aromatic carbocycles. The number of thiol groups is 1. The van der Waals surface area contributed by atoms with Gasteiger partial charge in [0.2, 0.25) is 0 Å². The molecule has 0 radical (unpaired) electrons. The van der Waals surface area contributed by atoms with Crippen molar-refractivity contribution in [2.24, 2.45) is 5.10 Å². The molecule has 0 bridgehead atoms. The Bertz CT molecular complexity index is 829. The fraction of sp³-hybridized carbons (Fsp3) is 0.526. The molecule has 2 heterocycles. The van der Waals surface area contributed by atoms with Gasteiger partial charge >= 0.3 is 12.1 Å². The second kappa shape index (κ2) is 10.6. The number of anilines is 2. The molecule has 0 aliphatic carbocycles. The van der Waals surface area contributed by atoms with E-state index in [1.807, 2.05) is 0 Å². The number of carbonyl (C=O) groups excluding carboxylic acids is 2. The van der Waals surface area contributed by atoms with E-state index in [0.717, 1.165) is 0 Å². The van der Waals surface area contributed by atoms with Crippen molar-refractivity contribution in [3.8, 4) is 0 Å². The van der Waals surface area contributed by atoms with E-state index < -0.39 is 23.6 Å². The van der Waals surface area contributed by atoms with E-state index in [0.29, 0.717) is 37.6 Å². The average Bonchev–Trinajstić information content (AvgIpc) is 3.13. The molecule has 1 aromatic rings. The Balaban J connectivity index is 1.58. The van der Waals surface area contributed by atoms with E-state index in [1.54, 1.807) is 22.0 Å². The van der Waals surface area contributed by atoms with Crippen LogP contribution in [0.4, 0.5) is 20.6 Å². The smallest absolute Gasteiger partial charge is 0.414 e. The zero-order valence-electron chi connectivity index (χ0n) is 17.4. The van der Waals surface area contributed by atoms with Crippen molar-refractivity contribution in [2.75, 3.05) is 56.2 Å². The number of nitrogens with zero attached hydrogens (tertiary/aromatic N) is 4. The van der Waals surface area contributed by atoms with Crippen molar-refractivity contribution in [1.82, 2.24) is 10.3 Å². The maximum atomic E-state index is 14.8. The van der Waals surface area contributed by atoms with Crippen LogP contribution < -0.4 is 15.1 Å². The van der Waals surface area contributed by atoms with Crippen LogP contribution in [0, 0.1) is 5.82 Å². The zero-order valence-corrected chi connectivity index (χ0v) is 18.3. The topological polar surface area (TPSA) is 95.9 Å². The lowest BCUT2D eigenvalue weighted by Gasteiger charge is -2.30. The number of rotatable bonds is 9. The molecule has 170 valence electrons. The lowest BCUT2D eigenvalue weighted by molar-refractivity contribution is -0.141. The highest BCUT2D eigenvalue weighted by molar-refractivity contribution is 7.80. The Labute approximate surface area is 185 Å². The summed E-state index contributed by atoms with van der Waals surface area (Å²) in [4.78, 5) is 26.1. The molecule has 10 nitrogen and oxygen atoms in total. The van der Waals surface area contributed by atoms with E-state index in [1.165, 1.54) is 31.3 Å². The number of halogens is 1. The normalized spacial score (nSPS) is 19.5. The minimum atomic E-state index is -0.532.